The average Bonchev–Trinajstić information content (AvgIpc) is 2.62. The summed E-state index contributed by atoms with van der Waals surface area (Å²) in [6, 6.07) is 6.71. The third-order valence-electron chi connectivity index (χ3n) is 3.05. The first-order chi connectivity index (χ1) is 7.72. The summed E-state index contributed by atoms with van der Waals surface area (Å²) in [6.07, 6.45) is 4.45. The van der Waals surface area contributed by atoms with Crippen LogP contribution in [0.2, 0.25) is 0 Å². The summed E-state index contributed by atoms with van der Waals surface area (Å²) in [5.74, 6) is 0. The minimum Gasteiger partial charge on any atom is -0.347 e. The van der Waals surface area contributed by atoms with Crippen LogP contribution < -0.4 is 5.73 Å². The zero-order valence-corrected chi connectivity index (χ0v) is 10.2. The van der Waals surface area contributed by atoms with Crippen molar-refractivity contribution in [2.24, 2.45) is 5.73 Å². The third kappa shape index (κ3) is 2.12. The van der Waals surface area contributed by atoms with Gasteiger partial charge in [-0.05, 0) is 50.9 Å². The summed E-state index contributed by atoms with van der Waals surface area (Å²) in [5.41, 5.74) is 9.60. The molecule has 86 valence electrons. The summed E-state index contributed by atoms with van der Waals surface area (Å²) >= 11 is 0. The molecule has 1 aromatic carbocycles. The molecule has 0 bridgehead atoms. The van der Waals surface area contributed by atoms with Crippen LogP contribution in [0.1, 0.15) is 24.0 Å². The van der Waals surface area contributed by atoms with Crippen molar-refractivity contribution >= 4 is 10.9 Å². The minimum atomic E-state index is 0.789. The monoisotopic (exact) mass is 216 g/mol. The molecule has 2 nitrogen and oxygen atoms in total. The molecule has 2 N–H and O–H groups in total. The number of unbranched alkanes of at least 4 members (excludes halogenated alkanes) is 1. The molecule has 0 aliphatic heterocycles. The molecule has 0 radical (unpaired) electrons. The number of nitrogens with zero attached hydrogens (tertiary/aromatic N) is 1. The van der Waals surface area contributed by atoms with E-state index in [0.717, 1.165) is 25.9 Å². The number of aromatic nitrogens is 1. The predicted octanol–water partition coefficient (Wildman–Crippen LogP) is 3.00. The smallest absolute Gasteiger partial charge is 0.0510 e. The Balaban J connectivity index is 2.33. The van der Waals surface area contributed by atoms with E-state index in [1.54, 1.807) is 0 Å². The van der Waals surface area contributed by atoms with Gasteiger partial charge in [-0.15, -0.1) is 0 Å². The molecule has 0 saturated carbocycles. The van der Waals surface area contributed by atoms with Gasteiger partial charge in [-0.25, -0.2) is 0 Å². The van der Waals surface area contributed by atoms with Crippen molar-refractivity contribution in [1.29, 1.82) is 0 Å². The lowest BCUT2D eigenvalue weighted by Gasteiger charge is -2.08. The molecule has 0 aliphatic carbocycles. The molecule has 0 fully saturated rings. The summed E-state index contributed by atoms with van der Waals surface area (Å²) in [5, 5.41) is 1.35. The Morgan fingerprint density at radius 1 is 1.19 bits per heavy atom. The van der Waals surface area contributed by atoms with E-state index in [0.29, 0.717) is 0 Å². The number of benzene rings is 1. The highest BCUT2D eigenvalue weighted by molar-refractivity contribution is 5.84. The fraction of sp³-hybridized carbons (Fsp3) is 0.429. The molecule has 2 rings (SSSR count). The average molecular weight is 216 g/mol. The number of hydrogen-bond acceptors (Lipinski definition) is 1. The van der Waals surface area contributed by atoms with E-state index in [2.05, 4.69) is 42.8 Å². The van der Waals surface area contributed by atoms with Gasteiger partial charge in [0, 0.05) is 18.1 Å². The van der Waals surface area contributed by atoms with Crippen LogP contribution in [-0.2, 0) is 6.54 Å². The number of rotatable bonds is 4. The topological polar surface area (TPSA) is 30.9 Å². The van der Waals surface area contributed by atoms with Crippen LogP contribution >= 0.6 is 0 Å². The van der Waals surface area contributed by atoms with Gasteiger partial charge >= 0.3 is 0 Å². The quantitative estimate of drug-likeness (QED) is 0.783. The Bertz CT molecular complexity index is 483. The van der Waals surface area contributed by atoms with Crippen LogP contribution in [0.5, 0.6) is 0 Å². The van der Waals surface area contributed by atoms with Crippen LogP contribution in [0.15, 0.2) is 24.4 Å². The second-order valence-corrected chi connectivity index (χ2v) is 4.52. The van der Waals surface area contributed by atoms with Crippen LogP contribution in [0.25, 0.3) is 10.9 Å². The lowest BCUT2D eigenvalue weighted by Crippen LogP contribution is -2.02. The van der Waals surface area contributed by atoms with Crippen LogP contribution in [0, 0.1) is 13.8 Å². The maximum absolute atomic E-state index is 5.52. The second kappa shape index (κ2) is 4.71. The highest BCUT2D eigenvalue weighted by Gasteiger charge is 2.04. The lowest BCUT2D eigenvalue weighted by atomic mass is 10.1. The maximum atomic E-state index is 5.52. The molecular weight excluding hydrogens is 196 g/mol. The molecule has 2 aromatic rings. The lowest BCUT2D eigenvalue weighted by molar-refractivity contribution is 0.630. The number of hydrogen-bond donors (Lipinski definition) is 1. The highest BCUT2D eigenvalue weighted by atomic mass is 14.9. The molecule has 0 amide bonds. The number of nitrogens with two attached hydrogens (primary N) is 1. The molecule has 0 atom stereocenters. The van der Waals surface area contributed by atoms with Crippen LogP contribution in [0.3, 0.4) is 0 Å². The van der Waals surface area contributed by atoms with Gasteiger partial charge in [0.15, 0.2) is 0 Å². The first-order valence-corrected chi connectivity index (χ1v) is 5.98. The van der Waals surface area contributed by atoms with E-state index in [9.17, 15) is 0 Å². The molecule has 0 unspecified atom stereocenters. The number of aryl methyl sites for hydroxylation is 3. The minimum absolute atomic E-state index is 0.789. The van der Waals surface area contributed by atoms with E-state index in [1.165, 1.54) is 22.0 Å². The SMILES string of the molecule is Cc1cc(C)c2c(ccn2CCCCN)c1. The zero-order valence-electron chi connectivity index (χ0n) is 10.2. The van der Waals surface area contributed by atoms with Crippen molar-refractivity contribution in [3.05, 3.63) is 35.5 Å². The fourth-order valence-corrected chi connectivity index (χ4v) is 2.37. The number of fused-ring (bicyclic) bond motifs is 1. The highest BCUT2D eigenvalue weighted by Crippen LogP contribution is 2.22. The van der Waals surface area contributed by atoms with E-state index >= 15 is 0 Å². The standard InChI is InChI=1S/C14H20N2/c1-11-9-12(2)14-13(10-11)5-8-16(14)7-4-3-6-15/h5,8-10H,3-4,6-7,15H2,1-2H3. The fourth-order valence-electron chi connectivity index (χ4n) is 2.37. The summed E-state index contributed by atoms with van der Waals surface area (Å²) in [4.78, 5) is 0. The molecule has 0 aliphatic rings. The van der Waals surface area contributed by atoms with Crippen molar-refractivity contribution in [2.45, 2.75) is 33.2 Å². The predicted molar refractivity (Wildman–Crippen MR) is 69.7 cm³/mol. The molecule has 1 aromatic heterocycles. The summed E-state index contributed by atoms with van der Waals surface area (Å²) < 4.78 is 2.35. The van der Waals surface area contributed by atoms with Gasteiger partial charge in [-0.1, -0.05) is 11.6 Å². The molecule has 0 spiro atoms. The van der Waals surface area contributed by atoms with Crippen molar-refractivity contribution in [3.63, 3.8) is 0 Å². The van der Waals surface area contributed by atoms with Crippen molar-refractivity contribution in [1.82, 2.24) is 4.57 Å². The molecule has 1 heterocycles. The van der Waals surface area contributed by atoms with Gasteiger partial charge in [0.1, 0.15) is 0 Å². The third-order valence-corrected chi connectivity index (χ3v) is 3.05. The van der Waals surface area contributed by atoms with E-state index in [1.807, 2.05) is 0 Å². The van der Waals surface area contributed by atoms with Crippen LogP contribution in [-0.4, -0.2) is 11.1 Å². The normalized spacial score (nSPS) is 11.2. The van der Waals surface area contributed by atoms with Gasteiger partial charge in [0.25, 0.3) is 0 Å². The first-order valence-electron chi connectivity index (χ1n) is 5.98. The van der Waals surface area contributed by atoms with E-state index < -0.39 is 0 Å². The van der Waals surface area contributed by atoms with Crippen molar-refractivity contribution in [3.8, 4) is 0 Å². The van der Waals surface area contributed by atoms with Gasteiger partial charge in [0.2, 0.25) is 0 Å². The zero-order chi connectivity index (χ0) is 11.5. The van der Waals surface area contributed by atoms with Crippen molar-refractivity contribution in [2.75, 3.05) is 6.54 Å². The Kier molecular flexibility index (Phi) is 3.30. The maximum Gasteiger partial charge on any atom is 0.0510 e. The Morgan fingerprint density at radius 2 is 2.00 bits per heavy atom. The second-order valence-electron chi connectivity index (χ2n) is 4.52. The Morgan fingerprint density at radius 3 is 2.75 bits per heavy atom. The summed E-state index contributed by atoms with van der Waals surface area (Å²) in [6.45, 7) is 6.20. The van der Waals surface area contributed by atoms with Crippen molar-refractivity contribution < 1.29 is 0 Å². The Labute approximate surface area is 97.1 Å². The van der Waals surface area contributed by atoms with Gasteiger partial charge in [-0.2, -0.15) is 0 Å². The molecule has 2 heteroatoms. The van der Waals surface area contributed by atoms with Gasteiger partial charge in [0.05, 0.1) is 5.52 Å². The van der Waals surface area contributed by atoms with E-state index in [-0.39, 0.29) is 0 Å². The molecule has 16 heavy (non-hydrogen) atoms. The van der Waals surface area contributed by atoms with Gasteiger partial charge < -0.3 is 10.3 Å². The molecule has 0 saturated heterocycles. The largest absolute Gasteiger partial charge is 0.347 e. The van der Waals surface area contributed by atoms with Gasteiger partial charge in [-0.3, -0.25) is 0 Å². The Hall–Kier alpha value is -1.28. The van der Waals surface area contributed by atoms with E-state index in [4.69, 9.17) is 5.73 Å². The molecular formula is C14H20N2. The first kappa shape index (κ1) is 11.2. The summed E-state index contributed by atoms with van der Waals surface area (Å²) in [7, 11) is 0. The van der Waals surface area contributed by atoms with Crippen LogP contribution in [0.4, 0.5) is 0 Å².